The number of benzene rings is 2. The molecule has 1 aliphatic rings. The van der Waals surface area contributed by atoms with Crippen LogP contribution in [0.25, 0.3) is 0 Å². The molecule has 0 radical (unpaired) electrons. The van der Waals surface area contributed by atoms with Gasteiger partial charge in [0.2, 0.25) is 10.0 Å². The number of carbonyl (C=O) groups excluding carboxylic acids is 1. The molecule has 0 aromatic heterocycles. The summed E-state index contributed by atoms with van der Waals surface area (Å²) in [7, 11) is -2.41. The summed E-state index contributed by atoms with van der Waals surface area (Å²) in [6.45, 7) is 0.843. The number of methoxy groups -OCH3 is 1. The van der Waals surface area contributed by atoms with Crippen LogP contribution in [-0.4, -0.2) is 62.7 Å². The molecule has 1 aliphatic heterocycles. The van der Waals surface area contributed by atoms with Crippen molar-refractivity contribution in [2.75, 3.05) is 33.3 Å². The monoisotopic (exact) mass is 436 g/mol. The van der Waals surface area contributed by atoms with Crippen molar-refractivity contribution in [3.8, 4) is 5.75 Å². The minimum Gasteiger partial charge on any atom is -0.495 e. The molecule has 1 fully saturated rings. The number of carbonyl (C=O) groups is 1. The van der Waals surface area contributed by atoms with Gasteiger partial charge in [0.05, 0.1) is 7.11 Å². The van der Waals surface area contributed by atoms with Crippen LogP contribution in [0.3, 0.4) is 0 Å². The van der Waals surface area contributed by atoms with Crippen LogP contribution in [0.1, 0.15) is 15.9 Å². The van der Waals surface area contributed by atoms with E-state index in [9.17, 15) is 13.2 Å². The number of halogens is 1. The summed E-state index contributed by atoms with van der Waals surface area (Å²) in [6, 6.07) is 10.9. The maximum absolute atomic E-state index is 13.0. The lowest BCUT2D eigenvalue weighted by atomic mass is 10.1. The number of nitrogens with one attached hydrogen (secondary N) is 1. The highest BCUT2D eigenvalue weighted by Gasteiger charge is 2.32. The highest BCUT2D eigenvalue weighted by atomic mass is 35.5. The number of nitrogens with zero attached hydrogens (tertiary/aromatic N) is 2. The highest BCUT2D eigenvalue weighted by Crippen LogP contribution is 2.30. The van der Waals surface area contributed by atoms with Crippen molar-refractivity contribution in [2.45, 2.75) is 4.90 Å². The number of nitrogen functional groups attached to an aromatic ring is 1. The third-order valence-electron chi connectivity index (χ3n) is 4.71. The second kappa shape index (κ2) is 8.40. The molecule has 1 saturated heterocycles. The number of ether oxygens (including phenoxy) is 1. The Morgan fingerprint density at radius 2 is 1.66 bits per heavy atom. The quantitative estimate of drug-likeness (QED) is 0.547. The molecule has 0 saturated carbocycles. The largest absolute Gasteiger partial charge is 0.495 e. The van der Waals surface area contributed by atoms with Gasteiger partial charge in [-0.05, 0) is 30.3 Å². The van der Waals surface area contributed by atoms with Gasteiger partial charge in [-0.2, -0.15) is 4.31 Å². The minimum absolute atomic E-state index is 0.00657. The van der Waals surface area contributed by atoms with Gasteiger partial charge >= 0.3 is 0 Å². The molecule has 1 amide bonds. The Hall–Kier alpha value is -2.62. The smallest absolute Gasteiger partial charge is 0.253 e. The van der Waals surface area contributed by atoms with Gasteiger partial charge in [0.15, 0.2) is 0 Å². The lowest BCUT2D eigenvalue weighted by Gasteiger charge is -2.34. The molecule has 0 spiro atoms. The molecule has 1 heterocycles. The fourth-order valence-electron chi connectivity index (χ4n) is 3.10. The van der Waals surface area contributed by atoms with Crippen molar-refractivity contribution in [3.05, 3.63) is 58.6 Å². The molecule has 2 aromatic carbocycles. The third kappa shape index (κ3) is 4.36. The Morgan fingerprint density at radius 1 is 1.07 bits per heavy atom. The third-order valence-corrected chi connectivity index (χ3v) is 6.87. The second-order valence-corrected chi connectivity index (χ2v) is 8.83. The van der Waals surface area contributed by atoms with E-state index in [4.69, 9.17) is 27.5 Å². The van der Waals surface area contributed by atoms with Gasteiger partial charge < -0.3 is 15.4 Å². The molecule has 29 heavy (non-hydrogen) atoms. The molecule has 3 N–H and O–H groups in total. The lowest BCUT2D eigenvalue weighted by molar-refractivity contribution is 0.0698. The maximum Gasteiger partial charge on any atom is 0.253 e. The van der Waals surface area contributed by atoms with E-state index in [-0.39, 0.29) is 48.6 Å². The van der Waals surface area contributed by atoms with Crippen LogP contribution in [-0.2, 0) is 10.0 Å². The average molecular weight is 437 g/mol. The van der Waals surface area contributed by atoms with E-state index in [2.05, 4.69) is 0 Å². The first kappa shape index (κ1) is 21.1. The molecule has 3 rings (SSSR count). The summed E-state index contributed by atoms with van der Waals surface area (Å²) in [5.74, 6) is -0.0461. The topological polar surface area (TPSA) is 117 Å². The average Bonchev–Trinajstić information content (AvgIpc) is 2.73. The Bertz CT molecular complexity index is 1030. The first-order valence-electron chi connectivity index (χ1n) is 8.81. The van der Waals surface area contributed by atoms with E-state index >= 15 is 0 Å². The molecular formula is C19H21ClN4O4S. The van der Waals surface area contributed by atoms with Crippen LogP contribution < -0.4 is 10.5 Å². The van der Waals surface area contributed by atoms with Crippen LogP contribution in [0, 0.1) is 5.41 Å². The molecule has 0 unspecified atom stereocenters. The van der Waals surface area contributed by atoms with Crippen molar-refractivity contribution in [1.29, 1.82) is 5.41 Å². The van der Waals surface area contributed by atoms with Gasteiger partial charge in [-0.15, -0.1) is 0 Å². The van der Waals surface area contributed by atoms with E-state index in [1.54, 1.807) is 35.2 Å². The molecule has 8 nitrogen and oxygen atoms in total. The second-order valence-electron chi connectivity index (χ2n) is 6.48. The summed E-state index contributed by atoms with van der Waals surface area (Å²) in [6.07, 6.45) is 0. The van der Waals surface area contributed by atoms with Crippen molar-refractivity contribution < 1.29 is 17.9 Å². The zero-order chi connectivity index (χ0) is 21.2. The molecule has 0 atom stereocenters. The van der Waals surface area contributed by atoms with Crippen LogP contribution in [0.5, 0.6) is 5.75 Å². The summed E-state index contributed by atoms with van der Waals surface area (Å²) in [5.41, 5.74) is 6.42. The Morgan fingerprint density at radius 3 is 2.21 bits per heavy atom. The standard InChI is InChI=1S/C19H21ClN4O4S/c1-28-16-7-6-15(20)12-17(16)29(26,27)24-10-8-23(9-11-24)19(25)14-4-2-13(3-5-14)18(21)22/h2-7,12H,8-11H2,1H3,(H3,21,22). The van der Waals surface area contributed by atoms with E-state index in [0.717, 1.165) is 0 Å². The number of amides is 1. The Kier molecular flexibility index (Phi) is 6.11. The number of hydrogen-bond acceptors (Lipinski definition) is 5. The van der Waals surface area contributed by atoms with Gasteiger partial charge in [0.1, 0.15) is 16.5 Å². The van der Waals surface area contributed by atoms with Gasteiger partial charge in [-0.1, -0.05) is 23.7 Å². The van der Waals surface area contributed by atoms with Crippen LogP contribution in [0.2, 0.25) is 5.02 Å². The van der Waals surface area contributed by atoms with Crippen LogP contribution >= 0.6 is 11.6 Å². The van der Waals surface area contributed by atoms with Crippen molar-refractivity contribution >= 4 is 33.4 Å². The van der Waals surface area contributed by atoms with Gasteiger partial charge in [-0.3, -0.25) is 10.2 Å². The summed E-state index contributed by atoms with van der Waals surface area (Å²) in [5, 5.41) is 7.70. The highest BCUT2D eigenvalue weighted by molar-refractivity contribution is 7.89. The summed E-state index contributed by atoms with van der Waals surface area (Å²) in [4.78, 5) is 14.3. The molecule has 2 aromatic rings. The Labute approximate surface area is 174 Å². The number of piperazine rings is 1. The number of sulfonamides is 1. The zero-order valence-corrected chi connectivity index (χ0v) is 17.3. The SMILES string of the molecule is COc1ccc(Cl)cc1S(=O)(=O)N1CCN(C(=O)c2ccc(C(=N)N)cc2)CC1. The number of amidine groups is 1. The first-order valence-corrected chi connectivity index (χ1v) is 10.6. The number of rotatable bonds is 5. The van der Waals surface area contributed by atoms with Crippen LogP contribution in [0.4, 0.5) is 0 Å². The van der Waals surface area contributed by atoms with Crippen molar-refractivity contribution in [1.82, 2.24) is 9.21 Å². The first-order chi connectivity index (χ1) is 13.7. The number of nitrogens with two attached hydrogens (primary N) is 1. The molecule has 10 heteroatoms. The fraction of sp³-hybridized carbons (Fsp3) is 0.263. The number of hydrogen-bond donors (Lipinski definition) is 2. The van der Waals surface area contributed by atoms with Gasteiger partial charge in [-0.25, -0.2) is 8.42 Å². The lowest BCUT2D eigenvalue weighted by Crippen LogP contribution is -2.50. The zero-order valence-electron chi connectivity index (χ0n) is 15.8. The van der Waals surface area contributed by atoms with Crippen LogP contribution in [0.15, 0.2) is 47.4 Å². The van der Waals surface area contributed by atoms with E-state index in [1.807, 2.05) is 0 Å². The van der Waals surface area contributed by atoms with E-state index in [1.165, 1.54) is 23.5 Å². The molecule has 0 bridgehead atoms. The molecule has 154 valence electrons. The summed E-state index contributed by atoms with van der Waals surface area (Å²) >= 11 is 5.97. The Balaban J connectivity index is 1.72. The van der Waals surface area contributed by atoms with Crippen molar-refractivity contribution in [3.63, 3.8) is 0 Å². The van der Waals surface area contributed by atoms with E-state index in [0.29, 0.717) is 16.1 Å². The predicted molar refractivity (Wildman–Crippen MR) is 110 cm³/mol. The normalized spacial score (nSPS) is 15.2. The van der Waals surface area contributed by atoms with Crippen molar-refractivity contribution in [2.24, 2.45) is 5.73 Å². The van der Waals surface area contributed by atoms with Gasteiger partial charge in [0.25, 0.3) is 5.91 Å². The minimum atomic E-state index is -3.81. The molecule has 0 aliphatic carbocycles. The predicted octanol–water partition coefficient (Wildman–Crippen LogP) is 1.78. The maximum atomic E-state index is 13.0. The summed E-state index contributed by atoms with van der Waals surface area (Å²) < 4.78 is 32.5. The van der Waals surface area contributed by atoms with Gasteiger partial charge in [0, 0.05) is 42.3 Å². The molecular weight excluding hydrogens is 416 g/mol. The van der Waals surface area contributed by atoms with E-state index < -0.39 is 10.0 Å². The fourth-order valence-corrected chi connectivity index (χ4v) is 4.94.